The van der Waals surface area contributed by atoms with E-state index in [4.69, 9.17) is 0 Å². The number of nitro groups is 1. The molecule has 0 saturated carbocycles. The number of carbonyl (C=O) groups excluding carboxylic acids is 2. The van der Waals surface area contributed by atoms with Crippen LogP contribution in [-0.4, -0.2) is 33.8 Å². The molecule has 2 rings (SSSR count). The second-order valence-electron chi connectivity index (χ2n) is 6.34. The Morgan fingerprint density at radius 2 is 1.88 bits per heavy atom. The number of amides is 2. The van der Waals surface area contributed by atoms with E-state index < -0.39 is 22.4 Å². The Morgan fingerprint density at radius 1 is 1.19 bits per heavy atom. The van der Waals surface area contributed by atoms with Gasteiger partial charge in [0, 0.05) is 47.6 Å². The Bertz CT molecular complexity index is 919. The van der Waals surface area contributed by atoms with Crippen molar-refractivity contribution in [2.24, 2.45) is 0 Å². The summed E-state index contributed by atoms with van der Waals surface area (Å²) in [5, 5.41) is 16.6. The molecule has 9 heteroatoms. The molecule has 26 heavy (non-hydrogen) atoms. The van der Waals surface area contributed by atoms with Crippen LogP contribution < -0.4 is 16.2 Å². The van der Waals surface area contributed by atoms with Gasteiger partial charge in [-0.1, -0.05) is 0 Å². The Labute approximate surface area is 148 Å². The largest absolute Gasteiger partial charge is 0.354 e. The van der Waals surface area contributed by atoms with E-state index >= 15 is 0 Å². The highest BCUT2D eigenvalue weighted by Crippen LogP contribution is 2.21. The molecule has 0 aliphatic heterocycles. The number of hydrogen-bond acceptors (Lipinski definition) is 5. The number of hydrogen-bond donors (Lipinski definition) is 3. The number of pyridine rings is 1. The average Bonchev–Trinajstić information content (AvgIpc) is 2.52. The lowest BCUT2D eigenvalue weighted by molar-refractivity contribution is -0.384. The van der Waals surface area contributed by atoms with Crippen LogP contribution in [0.1, 0.15) is 37.6 Å². The first-order valence-electron chi connectivity index (χ1n) is 8.09. The minimum absolute atomic E-state index is 0.0115. The first-order valence-corrected chi connectivity index (χ1v) is 8.09. The van der Waals surface area contributed by atoms with E-state index in [0.717, 1.165) is 6.07 Å². The molecule has 3 N–H and O–H groups in total. The van der Waals surface area contributed by atoms with Gasteiger partial charge in [-0.25, -0.2) is 0 Å². The molecule has 0 fully saturated rings. The average molecular weight is 360 g/mol. The Kier molecular flexibility index (Phi) is 5.71. The number of aromatic amines is 1. The molecule has 0 aliphatic carbocycles. The summed E-state index contributed by atoms with van der Waals surface area (Å²) in [7, 11) is 0. The smallest absolute Gasteiger partial charge is 0.270 e. The zero-order chi connectivity index (χ0) is 19.4. The van der Waals surface area contributed by atoms with Crippen molar-refractivity contribution in [1.82, 2.24) is 15.6 Å². The first-order chi connectivity index (χ1) is 12.2. The van der Waals surface area contributed by atoms with Crippen LogP contribution in [0.3, 0.4) is 0 Å². The number of rotatable bonds is 6. The maximum Gasteiger partial charge on any atom is 0.270 e. The van der Waals surface area contributed by atoms with Crippen molar-refractivity contribution >= 4 is 28.4 Å². The number of nitrogens with one attached hydrogen (secondary N) is 3. The van der Waals surface area contributed by atoms with Gasteiger partial charge in [0.25, 0.3) is 11.6 Å². The van der Waals surface area contributed by atoms with Crippen molar-refractivity contribution in [3.8, 4) is 0 Å². The molecule has 2 amide bonds. The van der Waals surface area contributed by atoms with E-state index in [0.29, 0.717) is 5.52 Å². The van der Waals surface area contributed by atoms with Gasteiger partial charge in [0.2, 0.25) is 11.5 Å². The predicted octanol–water partition coefficient (Wildman–Crippen LogP) is 1.47. The lowest BCUT2D eigenvalue weighted by atomic mass is 10.1. The number of carbonyl (C=O) groups is 2. The summed E-state index contributed by atoms with van der Waals surface area (Å²) in [5.41, 5.74) is -0.355. The van der Waals surface area contributed by atoms with Crippen molar-refractivity contribution < 1.29 is 14.5 Å². The topological polar surface area (TPSA) is 134 Å². The zero-order valence-corrected chi connectivity index (χ0v) is 14.7. The quantitative estimate of drug-likeness (QED) is 0.530. The van der Waals surface area contributed by atoms with E-state index in [9.17, 15) is 24.5 Å². The molecule has 1 unspecified atom stereocenters. The second kappa shape index (κ2) is 7.77. The fraction of sp³-hybridized carbons (Fsp3) is 0.353. The van der Waals surface area contributed by atoms with Crippen LogP contribution >= 0.6 is 0 Å². The highest BCUT2D eigenvalue weighted by molar-refractivity contribution is 6.06. The molecule has 0 saturated heterocycles. The van der Waals surface area contributed by atoms with Crippen molar-refractivity contribution in [2.75, 3.05) is 0 Å². The van der Waals surface area contributed by atoms with E-state index in [1.165, 1.54) is 18.2 Å². The first kappa shape index (κ1) is 19.1. The minimum atomic E-state index is -0.578. The van der Waals surface area contributed by atoms with Gasteiger partial charge in [-0.05, 0) is 26.8 Å². The van der Waals surface area contributed by atoms with Gasteiger partial charge in [-0.3, -0.25) is 24.5 Å². The monoisotopic (exact) mass is 360 g/mol. The van der Waals surface area contributed by atoms with Gasteiger partial charge in [0.15, 0.2) is 0 Å². The van der Waals surface area contributed by atoms with E-state index in [2.05, 4.69) is 15.6 Å². The molecule has 1 aromatic carbocycles. The summed E-state index contributed by atoms with van der Waals surface area (Å²) >= 11 is 0. The third-order valence-corrected chi connectivity index (χ3v) is 3.60. The van der Waals surface area contributed by atoms with Crippen LogP contribution in [0.5, 0.6) is 0 Å². The predicted molar refractivity (Wildman–Crippen MR) is 96.0 cm³/mol. The van der Waals surface area contributed by atoms with Crippen LogP contribution in [-0.2, 0) is 4.79 Å². The zero-order valence-electron chi connectivity index (χ0n) is 14.7. The molecule has 1 heterocycles. The molecule has 1 atom stereocenters. The van der Waals surface area contributed by atoms with Gasteiger partial charge < -0.3 is 15.6 Å². The summed E-state index contributed by atoms with van der Waals surface area (Å²) in [6, 6.07) is 4.46. The van der Waals surface area contributed by atoms with E-state index in [1.807, 2.05) is 13.8 Å². The highest BCUT2D eigenvalue weighted by atomic mass is 16.6. The lowest BCUT2D eigenvalue weighted by Crippen LogP contribution is -2.39. The number of aromatic nitrogens is 1. The fourth-order valence-corrected chi connectivity index (χ4v) is 2.55. The molecule has 138 valence electrons. The van der Waals surface area contributed by atoms with Crippen LogP contribution in [0.15, 0.2) is 29.1 Å². The molecular formula is C17H20N4O5. The Hall–Kier alpha value is -3.23. The molecular weight excluding hydrogens is 340 g/mol. The summed E-state index contributed by atoms with van der Waals surface area (Å²) < 4.78 is 0. The van der Waals surface area contributed by atoms with Gasteiger partial charge >= 0.3 is 0 Å². The maximum absolute atomic E-state index is 12.5. The molecule has 9 nitrogen and oxygen atoms in total. The molecule has 0 aliphatic rings. The summed E-state index contributed by atoms with van der Waals surface area (Å²) in [4.78, 5) is 49.0. The number of nitro benzene ring substituents is 1. The molecule has 0 bridgehead atoms. The van der Waals surface area contributed by atoms with Crippen molar-refractivity contribution in [1.29, 1.82) is 0 Å². The SMILES string of the molecule is CC(C)NC(=O)CC(C)NC(=O)c1cc(=O)[nH]c2ccc([N+](=O)[O-])cc12. The van der Waals surface area contributed by atoms with Crippen LogP contribution in [0, 0.1) is 10.1 Å². The van der Waals surface area contributed by atoms with Crippen LogP contribution in [0.25, 0.3) is 10.9 Å². The number of nitrogens with zero attached hydrogens (tertiary/aromatic N) is 1. The third-order valence-electron chi connectivity index (χ3n) is 3.60. The molecule has 0 radical (unpaired) electrons. The second-order valence-corrected chi connectivity index (χ2v) is 6.34. The summed E-state index contributed by atoms with van der Waals surface area (Å²) in [5.74, 6) is -0.786. The summed E-state index contributed by atoms with van der Waals surface area (Å²) in [6.07, 6.45) is 0.0746. The minimum Gasteiger partial charge on any atom is -0.354 e. The van der Waals surface area contributed by atoms with Crippen molar-refractivity contribution in [3.63, 3.8) is 0 Å². The van der Waals surface area contributed by atoms with Crippen molar-refractivity contribution in [2.45, 2.75) is 39.3 Å². The number of H-pyrrole nitrogens is 1. The standard InChI is InChI=1S/C17H20N4O5/c1-9(2)18-15(22)6-10(3)19-17(24)13-8-16(23)20-14-5-4-11(21(25)26)7-12(13)14/h4-5,7-10H,6H2,1-3H3,(H,18,22)(H,19,24)(H,20,23). The third kappa shape index (κ3) is 4.65. The Morgan fingerprint density at radius 3 is 2.50 bits per heavy atom. The molecule has 1 aromatic heterocycles. The van der Waals surface area contributed by atoms with Gasteiger partial charge in [-0.2, -0.15) is 0 Å². The number of fused-ring (bicyclic) bond motifs is 1. The van der Waals surface area contributed by atoms with Crippen molar-refractivity contribution in [3.05, 3.63) is 50.3 Å². The molecule has 0 spiro atoms. The van der Waals surface area contributed by atoms with E-state index in [-0.39, 0.29) is 35.0 Å². The maximum atomic E-state index is 12.5. The van der Waals surface area contributed by atoms with Gasteiger partial charge in [-0.15, -0.1) is 0 Å². The number of non-ortho nitro benzene ring substituents is 1. The van der Waals surface area contributed by atoms with Crippen LogP contribution in [0.4, 0.5) is 5.69 Å². The number of benzene rings is 1. The van der Waals surface area contributed by atoms with Crippen LogP contribution in [0.2, 0.25) is 0 Å². The molecule has 2 aromatic rings. The highest BCUT2D eigenvalue weighted by Gasteiger charge is 2.18. The van der Waals surface area contributed by atoms with Gasteiger partial charge in [0.05, 0.1) is 10.5 Å². The lowest BCUT2D eigenvalue weighted by Gasteiger charge is -2.15. The van der Waals surface area contributed by atoms with Gasteiger partial charge in [0.1, 0.15) is 0 Å². The summed E-state index contributed by atoms with van der Waals surface area (Å²) in [6.45, 7) is 5.32. The Balaban J connectivity index is 2.28. The van der Waals surface area contributed by atoms with E-state index in [1.54, 1.807) is 6.92 Å². The fourth-order valence-electron chi connectivity index (χ4n) is 2.55. The normalized spacial score (nSPS) is 12.0.